The summed E-state index contributed by atoms with van der Waals surface area (Å²) in [5, 5.41) is 0. The molecule has 5 nitrogen and oxygen atoms in total. The van der Waals surface area contributed by atoms with Crippen LogP contribution in [0.15, 0.2) is 11.8 Å². The summed E-state index contributed by atoms with van der Waals surface area (Å²) in [4.78, 5) is 31.3. The summed E-state index contributed by atoms with van der Waals surface area (Å²) in [6.45, 7) is 6.87. The average Bonchev–Trinajstić information content (AvgIpc) is 3.25. The van der Waals surface area contributed by atoms with E-state index in [0.29, 0.717) is 18.6 Å². The predicted molar refractivity (Wildman–Crippen MR) is 98.9 cm³/mol. The van der Waals surface area contributed by atoms with Crippen molar-refractivity contribution in [3.8, 4) is 0 Å². The minimum atomic E-state index is 0.184. The molecule has 140 valence electrons. The number of likely N-dealkylation sites (N-methyl/N-ethyl adjacent to an activating group) is 1. The van der Waals surface area contributed by atoms with E-state index < -0.39 is 0 Å². The van der Waals surface area contributed by atoms with Gasteiger partial charge in [-0.2, -0.15) is 0 Å². The Bertz CT molecular complexity index is 531. The Morgan fingerprint density at radius 2 is 1.88 bits per heavy atom. The number of rotatable bonds is 5. The molecule has 0 aromatic heterocycles. The van der Waals surface area contributed by atoms with Crippen molar-refractivity contribution in [1.82, 2.24) is 14.7 Å². The fourth-order valence-corrected chi connectivity index (χ4v) is 4.93. The van der Waals surface area contributed by atoms with Gasteiger partial charge in [-0.05, 0) is 64.8 Å². The lowest BCUT2D eigenvalue weighted by atomic mass is 10.0. The van der Waals surface area contributed by atoms with Crippen LogP contribution < -0.4 is 0 Å². The van der Waals surface area contributed by atoms with Crippen LogP contribution in [0.5, 0.6) is 0 Å². The molecule has 2 saturated heterocycles. The van der Waals surface area contributed by atoms with Crippen LogP contribution in [-0.2, 0) is 9.59 Å². The van der Waals surface area contributed by atoms with Gasteiger partial charge in [0.15, 0.2) is 0 Å². The molecular weight excluding hydrogens is 314 g/mol. The molecule has 0 aromatic carbocycles. The summed E-state index contributed by atoms with van der Waals surface area (Å²) in [5.74, 6) is 0.415. The first-order chi connectivity index (χ1) is 12.1. The van der Waals surface area contributed by atoms with Crippen molar-refractivity contribution >= 4 is 11.8 Å². The van der Waals surface area contributed by atoms with Gasteiger partial charge in [-0.25, -0.2) is 0 Å². The highest BCUT2D eigenvalue weighted by molar-refractivity contribution is 5.80. The molecule has 0 unspecified atom stereocenters. The normalized spacial score (nSPS) is 27.4. The zero-order valence-corrected chi connectivity index (χ0v) is 15.9. The molecule has 0 saturated carbocycles. The highest BCUT2D eigenvalue weighted by Crippen LogP contribution is 2.30. The highest BCUT2D eigenvalue weighted by Gasteiger charge is 2.39. The molecule has 2 amide bonds. The second-order valence-electron chi connectivity index (χ2n) is 7.68. The SMILES string of the molecule is CCN(C(=O)CN1CCC[C@H]1[C@@H]1CCCN1C(C)=O)C1=CCCCC1. The van der Waals surface area contributed by atoms with Gasteiger partial charge >= 0.3 is 0 Å². The van der Waals surface area contributed by atoms with Gasteiger partial charge in [0.1, 0.15) is 0 Å². The third-order valence-electron chi connectivity index (χ3n) is 6.13. The molecule has 2 atom stereocenters. The standard InChI is InChI=1S/C20H33N3O2/c1-3-22(17-9-5-4-6-10-17)20(25)15-21-13-7-11-18(21)19-12-8-14-23(19)16(2)24/h9,18-19H,3-8,10-15H2,1-2H3/t18-,19-/m0/s1. The van der Waals surface area contributed by atoms with Crippen LogP contribution in [0, 0.1) is 0 Å². The van der Waals surface area contributed by atoms with Crippen LogP contribution in [0.2, 0.25) is 0 Å². The van der Waals surface area contributed by atoms with E-state index >= 15 is 0 Å². The van der Waals surface area contributed by atoms with Crippen LogP contribution in [0.1, 0.15) is 65.2 Å². The van der Waals surface area contributed by atoms with Gasteiger partial charge in [-0.15, -0.1) is 0 Å². The van der Waals surface area contributed by atoms with E-state index in [1.807, 2.05) is 9.80 Å². The van der Waals surface area contributed by atoms with Crippen molar-refractivity contribution in [3.63, 3.8) is 0 Å². The molecular formula is C20H33N3O2. The Morgan fingerprint density at radius 1 is 1.12 bits per heavy atom. The van der Waals surface area contributed by atoms with Crippen LogP contribution in [0.3, 0.4) is 0 Å². The quantitative estimate of drug-likeness (QED) is 0.768. The second-order valence-corrected chi connectivity index (χ2v) is 7.68. The minimum absolute atomic E-state index is 0.184. The number of hydrogen-bond donors (Lipinski definition) is 0. The Labute approximate surface area is 152 Å². The van der Waals surface area contributed by atoms with Crippen molar-refractivity contribution in [3.05, 3.63) is 11.8 Å². The fraction of sp³-hybridized carbons (Fsp3) is 0.800. The molecule has 3 aliphatic rings. The number of carbonyl (C=O) groups excluding carboxylic acids is 2. The van der Waals surface area contributed by atoms with Crippen molar-refractivity contribution in [2.45, 2.75) is 77.3 Å². The molecule has 1 aliphatic carbocycles. The number of hydrogen-bond acceptors (Lipinski definition) is 3. The molecule has 5 heteroatoms. The third-order valence-corrected chi connectivity index (χ3v) is 6.13. The summed E-state index contributed by atoms with van der Waals surface area (Å²) in [6, 6.07) is 0.658. The van der Waals surface area contributed by atoms with E-state index in [-0.39, 0.29) is 11.8 Å². The second kappa shape index (κ2) is 8.35. The first-order valence-electron chi connectivity index (χ1n) is 10.1. The number of allylic oxidation sites excluding steroid dienone is 2. The maximum absolute atomic E-state index is 13.0. The Hall–Kier alpha value is -1.36. The van der Waals surface area contributed by atoms with E-state index in [2.05, 4.69) is 17.9 Å². The Balaban J connectivity index is 1.65. The summed E-state index contributed by atoms with van der Waals surface area (Å²) in [5.41, 5.74) is 1.22. The predicted octanol–water partition coefficient (Wildman–Crippen LogP) is 2.77. The van der Waals surface area contributed by atoms with Crippen molar-refractivity contribution in [2.75, 3.05) is 26.2 Å². The number of amides is 2. The van der Waals surface area contributed by atoms with E-state index in [1.54, 1.807) is 6.92 Å². The van der Waals surface area contributed by atoms with Gasteiger partial charge in [0, 0.05) is 37.8 Å². The fourth-order valence-electron chi connectivity index (χ4n) is 4.93. The third kappa shape index (κ3) is 4.08. The van der Waals surface area contributed by atoms with E-state index in [1.165, 1.54) is 18.5 Å². The van der Waals surface area contributed by atoms with Crippen molar-refractivity contribution in [1.29, 1.82) is 0 Å². The molecule has 2 fully saturated rings. The molecule has 25 heavy (non-hydrogen) atoms. The number of nitrogens with zero attached hydrogens (tertiary/aromatic N) is 3. The molecule has 0 bridgehead atoms. The minimum Gasteiger partial charge on any atom is -0.338 e. The summed E-state index contributed by atoms with van der Waals surface area (Å²) < 4.78 is 0. The number of likely N-dealkylation sites (tertiary alicyclic amines) is 2. The zero-order valence-electron chi connectivity index (χ0n) is 15.9. The molecule has 0 N–H and O–H groups in total. The van der Waals surface area contributed by atoms with Crippen LogP contribution in [-0.4, -0.2) is 64.8 Å². The van der Waals surface area contributed by atoms with Crippen LogP contribution in [0.4, 0.5) is 0 Å². The van der Waals surface area contributed by atoms with E-state index in [4.69, 9.17) is 0 Å². The van der Waals surface area contributed by atoms with Crippen LogP contribution >= 0.6 is 0 Å². The Morgan fingerprint density at radius 3 is 2.56 bits per heavy atom. The maximum atomic E-state index is 13.0. The zero-order chi connectivity index (χ0) is 17.8. The lowest BCUT2D eigenvalue weighted by Crippen LogP contribution is -2.50. The lowest BCUT2D eigenvalue weighted by molar-refractivity contribution is -0.132. The van der Waals surface area contributed by atoms with Crippen molar-refractivity contribution in [2.24, 2.45) is 0 Å². The molecule has 0 spiro atoms. The monoisotopic (exact) mass is 347 g/mol. The van der Waals surface area contributed by atoms with Crippen LogP contribution in [0.25, 0.3) is 0 Å². The van der Waals surface area contributed by atoms with Crippen molar-refractivity contribution < 1.29 is 9.59 Å². The molecule has 3 rings (SSSR count). The lowest BCUT2D eigenvalue weighted by Gasteiger charge is -2.35. The Kier molecular flexibility index (Phi) is 6.15. The van der Waals surface area contributed by atoms with Gasteiger partial charge in [0.05, 0.1) is 6.54 Å². The van der Waals surface area contributed by atoms with E-state index in [0.717, 1.165) is 58.2 Å². The largest absolute Gasteiger partial charge is 0.338 e. The molecule has 0 radical (unpaired) electrons. The topological polar surface area (TPSA) is 43.9 Å². The molecule has 2 aliphatic heterocycles. The highest BCUT2D eigenvalue weighted by atomic mass is 16.2. The maximum Gasteiger partial charge on any atom is 0.240 e. The first kappa shape index (κ1) is 18.4. The first-order valence-corrected chi connectivity index (χ1v) is 10.1. The van der Waals surface area contributed by atoms with Gasteiger partial charge < -0.3 is 9.80 Å². The summed E-state index contributed by atoms with van der Waals surface area (Å²) in [7, 11) is 0. The van der Waals surface area contributed by atoms with Gasteiger partial charge in [-0.3, -0.25) is 14.5 Å². The van der Waals surface area contributed by atoms with Gasteiger partial charge in [0.25, 0.3) is 0 Å². The van der Waals surface area contributed by atoms with Gasteiger partial charge in [0.2, 0.25) is 11.8 Å². The van der Waals surface area contributed by atoms with E-state index in [9.17, 15) is 9.59 Å². The average molecular weight is 348 g/mol. The van der Waals surface area contributed by atoms with Gasteiger partial charge in [-0.1, -0.05) is 6.08 Å². The molecule has 2 heterocycles. The summed E-state index contributed by atoms with van der Waals surface area (Å²) >= 11 is 0. The smallest absolute Gasteiger partial charge is 0.240 e. The summed E-state index contributed by atoms with van der Waals surface area (Å²) in [6.07, 6.45) is 11.2. The number of carbonyl (C=O) groups is 2. The molecule has 0 aromatic rings.